The van der Waals surface area contributed by atoms with Crippen LogP contribution in [0, 0.1) is 0 Å². The van der Waals surface area contributed by atoms with Crippen molar-refractivity contribution in [3.05, 3.63) is 30.1 Å². The molecule has 2 amide bonds. The lowest BCUT2D eigenvalue weighted by Gasteiger charge is -2.33. The summed E-state index contributed by atoms with van der Waals surface area (Å²) in [7, 11) is 0. The van der Waals surface area contributed by atoms with Gasteiger partial charge in [-0.1, -0.05) is 12.1 Å². The monoisotopic (exact) mass is 557 g/mol. The summed E-state index contributed by atoms with van der Waals surface area (Å²) in [4.78, 5) is 34.4. The van der Waals surface area contributed by atoms with Crippen LogP contribution < -0.4 is 15.5 Å². The Hall–Kier alpha value is -3.65. The molecule has 1 saturated carbocycles. The molecule has 2 N–H and O–H groups in total. The van der Waals surface area contributed by atoms with Crippen LogP contribution in [0.15, 0.2) is 24.3 Å². The summed E-state index contributed by atoms with van der Waals surface area (Å²) in [6.45, 7) is 4.58. The Morgan fingerprint density at radius 3 is 2.23 bits per heavy atom. The van der Waals surface area contributed by atoms with E-state index >= 15 is 0 Å². The topological polar surface area (TPSA) is 123 Å². The molecule has 0 spiro atoms. The van der Waals surface area contributed by atoms with E-state index in [-0.39, 0.29) is 24.1 Å². The SMILES string of the molecule is O=C(N[C@H]1CC[C@H](Nc2nc(N3CCOCC3)nc(-n3c(C(F)F)nc4ccccc43)n2)CC1)N1CCOCC1. The van der Waals surface area contributed by atoms with Crippen LogP contribution in [0.1, 0.15) is 37.9 Å². The van der Waals surface area contributed by atoms with Crippen LogP contribution in [0.4, 0.5) is 25.5 Å². The molecule has 0 bridgehead atoms. The number of nitrogens with one attached hydrogen (secondary N) is 2. The van der Waals surface area contributed by atoms with Gasteiger partial charge in [-0.3, -0.25) is 4.57 Å². The first-order valence-electron chi connectivity index (χ1n) is 13.8. The first-order chi connectivity index (χ1) is 19.5. The standard InChI is InChI=1S/C26H33F2N9O3/c27-21(28)22-31-19-3-1-2-4-20(19)37(22)25-33-23(32-24(34-25)35-9-13-39-14-10-35)29-17-5-7-18(8-6-17)30-26(38)36-11-15-40-16-12-36/h1-4,17-18,21H,5-16H2,(H,30,38)(H,29,32,33,34)/t17-,18-. The average Bonchev–Trinajstić information content (AvgIpc) is 3.39. The van der Waals surface area contributed by atoms with Crippen molar-refractivity contribution in [3.63, 3.8) is 0 Å². The number of hydrogen-bond donors (Lipinski definition) is 2. The minimum atomic E-state index is -2.81. The number of urea groups is 1. The number of alkyl halides is 2. The summed E-state index contributed by atoms with van der Waals surface area (Å²) >= 11 is 0. The van der Waals surface area contributed by atoms with Gasteiger partial charge < -0.3 is 29.9 Å². The molecule has 3 aromatic rings. The maximum Gasteiger partial charge on any atom is 0.317 e. The highest BCUT2D eigenvalue weighted by atomic mass is 19.3. The second kappa shape index (κ2) is 11.8. The lowest BCUT2D eigenvalue weighted by atomic mass is 9.91. The Bertz CT molecular complexity index is 1320. The fourth-order valence-corrected chi connectivity index (χ4v) is 5.42. The van der Waals surface area contributed by atoms with E-state index in [0.717, 1.165) is 25.7 Å². The molecular weight excluding hydrogens is 524 g/mol. The van der Waals surface area contributed by atoms with Crippen molar-refractivity contribution in [1.29, 1.82) is 0 Å². The normalized spacial score (nSPS) is 22.1. The van der Waals surface area contributed by atoms with Crippen LogP contribution >= 0.6 is 0 Å². The third-order valence-electron chi connectivity index (χ3n) is 7.57. The molecule has 0 radical (unpaired) electrons. The fourth-order valence-electron chi connectivity index (χ4n) is 5.42. The lowest BCUT2D eigenvalue weighted by Crippen LogP contribution is -2.50. The molecular formula is C26H33F2N9O3. The number of carbonyl (C=O) groups is 1. The van der Waals surface area contributed by atoms with Gasteiger partial charge in [0.1, 0.15) is 0 Å². The van der Waals surface area contributed by atoms with Crippen LogP contribution in [-0.2, 0) is 9.47 Å². The van der Waals surface area contributed by atoms with Crippen LogP contribution in [0.3, 0.4) is 0 Å². The van der Waals surface area contributed by atoms with Crippen molar-refractivity contribution >= 4 is 29.0 Å². The number of benzene rings is 1. The van der Waals surface area contributed by atoms with E-state index in [0.29, 0.717) is 75.5 Å². The second-order valence-corrected chi connectivity index (χ2v) is 10.2. The molecule has 0 atom stereocenters. The molecule has 214 valence electrons. The highest BCUT2D eigenvalue weighted by Gasteiger charge is 2.28. The van der Waals surface area contributed by atoms with Gasteiger partial charge in [-0.2, -0.15) is 15.0 Å². The van der Waals surface area contributed by atoms with Gasteiger partial charge >= 0.3 is 6.03 Å². The molecule has 4 heterocycles. The van der Waals surface area contributed by atoms with E-state index in [4.69, 9.17) is 9.47 Å². The molecule has 3 aliphatic rings. The zero-order chi connectivity index (χ0) is 27.5. The molecule has 12 nitrogen and oxygen atoms in total. The summed E-state index contributed by atoms with van der Waals surface area (Å²) in [6.07, 6.45) is 0.416. The summed E-state index contributed by atoms with van der Waals surface area (Å²) in [5.74, 6) is 0.405. The minimum absolute atomic E-state index is 0.0423. The van der Waals surface area contributed by atoms with Gasteiger partial charge in [0.05, 0.1) is 37.5 Å². The van der Waals surface area contributed by atoms with E-state index in [9.17, 15) is 13.6 Å². The third kappa shape index (κ3) is 5.77. The Balaban J connectivity index is 1.22. The van der Waals surface area contributed by atoms with Gasteiger partial charge in [0, 0.05) is 38.3 Å². The molecule has 3 fully saturated rings. The largest absolute Gasteiger partial charge is 0.378 e. The smallest absolute Gasteiger partial charge is 0.317 e. The Morgan fingerprint density at radius 2 is 1.50 bits per heavy atom. The van der Waals surface area contributed by atoms with Crippen molar-refractivity contribution in [2.45, 2.75) is 44.2 Å². The molecule has 2 aliphatic heterocycles. The average molecular weight is 558 g/mol. The molecule has 1 aromatic carbocycles. The summed E-state index contributed by atoms with van der Waals surface area (Å²) in [5, 5.41) is 6.56. The summed E-state index contributed by atoms with van der Waals surface area (Å²) in [6, 6.07) is 7.07. The predicted octanol–water partition coefficient (Wildman–Crippen LogP) is 2.75. The Morgan fingerprint density at radius 1 is 0.850 bits per heavy atom. The molecule has 6 rings (SSSR count). The molecule has 2 aromatic heterocycles. The zero-order valence-electron chi connectivity index (χ0n) is 22.1. The molecule has 40 heavy (non-hydrogen) atoms. The second-order valence-electron chi connectivity index (χ2n) is 10.2. The number of aromatic nitrogens is 5. The highest BCUT2D eigenvalue weighted by molar-refractivity contribution is 5.77. The third-order valence-corrected chi connectivity index (χ3v) is 7.57. The van der Waals surface area contributed by atoms with E-state index < -0.39 is 12.2 Å². The van der Waals surface area contributed by atoms with E-state index in [1.165, 1.54) is 4.57 Å². The number of carbonyl (C=O) groups excluding carboxylic acids is 1. The fraction of sp³-hybridized carbons (Fsp3) is 0.577. The first kappa shape index (κ1) is 26.6. The van der Waals surface area contributed by atoms with E-state index in [1.54, 1.807) is 29.2 Å². The highest BCUT2D eigenvalue weighted by Crippen LogP contribution is 2.28. The minimum Gasteiger partial charge on any atom is -0.378 e. The van der Waals surface area contributed by atoms with Gasteiger partial charge in [0.2, 0.25) is 17.8 Å². The van der Waals surface area contributed by atoms with Crippen molar-refractivity contribution in [2.75, 3.05) is 62.8 Å². The van der Waals surface area contributed by atoms with Crippen LogP contribution in [0.2, 0.25) is 0 Å². The number of amides is 2. The van der Waals surface area contributed by atoms with Gasteiger partial charge in [-0.05, 0) is 37.8 Å². The number of imidazole rings is 1. The molecule has 0 unspecified atom stereocenters. The number of halogens is 2. The molecule has 1 aliphatic carbocycles. The van der Waals surface area contributed by atoms with Crippen LogP contribution in [0.5, 0.6) is 0 Å². The maximum absolute atomic E-state index is 14.1. The number of nitrogens with zero attached hydrogens (tertiary/aromatic N) is 7. The number of para-hydroxylation sites is 2. The van der Waals surface area contributed by atoms with Gasteiger partial charge in [0.15, 0.2) is 5.82 Å². The summed E-state index contributed by atoms with van der Waals surface area (Å²) < 4.78 is 40.3. The van der Waals surface area contributed by atoms with E-state index in [1.807, 2.05) is 4.90 Å². The number of ether oxygens (including phenoxy) is 2. The number of fused-ring (bicyclic) bond motifs is 1. The van der Waals surface area contributed by atoms with Crippen LogP contribution in [-0.4, -0.2) is 100 Å². The quantitative estimate of drug-likeness (QED) is 0.471. The Labute approximate surface area is 230 Å². The molecule has 2 saturated heterocycles. The lowest BCUT2D eigenvalue weighted by molar-refractivity contribution is 0.0521. The summed E-state index contributed by atoms with van der Waals surface area (Å²) in [5.41, 5.74) is 0.942. The number of morpholine rings is 2. The number of rotatable bonds is 6. The molecule has 14 heteroatoms. The van der Waals surface area contributed by atoms with Crippen molar-refractivity contribution in [1.82, 2.24) is 34.7 Å². The van der Waals surface area contributed by atoms with Crippen molar-refractivity contribution in [2.24, 2.45) is 0 Å². The zero-order valence-corrected chi connectivity index (χ0v) is 22.1. The number of hydrogen-bond acceptors (Lipinski definition) is 9. The van der Waals surface area contributed by atoms with Crippen molar-refractivity contribution < 1.29 is 23.0 Å². The number of anilines is 2. The first-order valence-corrected chi connectivity index (χ1v) is 13.8. The van der Waals surface area contributed by atoms with Crippen molar-refractivity contribution in [3.8, 4) is 5.95 Å². The van der Waals surface area contributed by atoms with Crippen LogP contribution in [0.25, 0.3) is 17.0 Å². The maximum atomic E-state index is 14.1. The predicted molar refractivity (Wildman–Crippen MR) is 143 cm³/mol. The van der Waals surface area contributed by atoms with Gasteiger partial charge in [0.25, 0.3) is 6.43 Å². The Kier molecular flexibility index (Phi) is 7.86. The van der Waals surface area contributed by atoms with Gasteiger partial charge in [-0.25, -0.2) is 18.6 Å². The van der Waals surface area contributed by atoms with Gasteiger partial charge in [-0.15, -0.1) is 0 Å². The van der Waals surface area contributed by atoms with E-state index in [2.05, 4.69) is 30.6 Å².